The second-order valence-corrected chi connectivity index (χ2v) is 4.78. The Morgan fingerprint density at radius 1 is 1.36 bits per heavy atom. The second kappa shape index (κ2) is 5.80. The molecule has 22 heavy (non-hydrogen) atoms. The zero-order valence-electron chi connectivity index (χ0n) is 11.1. The minimum Gasteiger partial charge on any atom is -0.321 e. The minimum atomic E-state index is -4.57. The van der Waals surface area contributed by atoms with Gasteiger partial charge < -0.3 is 9.88 Å². The summed E-state index contributed by atoms with van der Waals surface area (Å²) >= 11 is 5.70. The maximum Gasteiger partial charge on any atom is 0.433 e. The highest BCUT2D eigenvalue weighted by molar-refractivity contribution is 6.30. The Kier molecular flexibility index (Phi) is 4.23. The fourth-order valence-corrected chi connectivity index (χ4v) is 1.89. The lowest BCUT2D eigenvalue weighted by molar-refractivity contribution is -0.141. The summed E-state index contributed by atoms with van der Waals surface area (Å²) in [7, 11) is 1.45. The largest absolute Gasteiger partial charge is 0.433 e. The molecular weight excluding hydrogens is 323 g/mol. The van der Waals surface area contributed by atoms with Crippen LogP contribution in [0.15, 0.2) is 35.4 Å². The lowest BCUT2D eigenvalue weighted by atomic mass is 10.2. The highest BCUT2D eigenvalue weighted by Crippen LogP contribution is 2.27. The molecule has 0 spiro atoms. The van der Waals surface area contributed by atoms with Gasteiger partial charge in [-0.15, -0.1) is 0 Å². The number of rotatable bonds is 2. The number of alkyl halides is 3. The Hall–Kier alpha value is -2.35. The van der Waals surface area contributed by atoms with Crippen LogP contribution >= 0.6 is 11.6 Å². The van der Waals surface area contributed by atoms with Gasteiger partial charge in [-0.25, -0.2) is 0 Å². The van der Waals surface area contributed by atoms with Gasteiger partial charge in [0, 0.05) is 19.4 Å². The summed E-state index contributed by atoms with van der Waals surface area (Å²) in [5.41, 5.74) is -1.35. The highest BCUT2D eigenvalue weighted by Gasteiger charge is 2.32. The van der Waals surface area contributed by atoms with Gasteiger partial charge in [-0.05, 0) is 18.2 Å². The first-order valence-corrected chi connectivity index (χ1v) is 6.27. The lowest BCUT2D eigenvalue weighted by Gasteiger charge is -2.09. The molecular formula is C13H9ClF3N3O2. The van der Waals surface area contributed by atoms with Crippen molar-refractivity contribution < 1.29 is 18.0 Å². The molecule has 0 radical (unpaired) electrons. The number of carbonyl (C=O) groups excluding carboxylic acids is 1. The predicted molar refractivity (Wildman–Crippen MR) is 73.9 cm³/mol. The van der Waals surface area contributed by atoms with Crippen LogP contribution < -0.4 is 10.9 Å². The molecule has 0 fully saturated rings. The standard InChI is InChI=1S/C13H9ClF3N3O2/c1-20-6-8(4-9(14)12(20)22)19-11(21)7-2-3-10(18-5-7)13(15,16)17/h2-6H,1H3,(H,19,21). The Labute approximate surface area is 127 Å². The van der Waals surface area contributed by atoms with Crippen LogP contribution in [-0.4, -0.2) is 15.5 Å². The number of amides is 1. The fraction of sp³-hybridized carbons (Fsp3) is 0.154. The molecule has 1 N–H and O–H groups in total. The van der Waals surface area contributed by atoms with Crippen molar-refractivity contribution in [3.05, 3.63) is 57.2 Å². The number of nitrogens with one attached hydrogen (secondary N) is 1. The van der Waals surface area contributed by atoms with Crippen LogP contribution in [0.4, 0.5) is 18.9 Å². The summed E-state index contributed by atoms with van der Waals surface area (Å²) in [6.45, 7) is 0. The summed E-state index contributed by atoms with van der Waals surface area (Å²) in [4.78, 5) is 26.5. The van der Waals surface area contributed by atoms with E-state index in [0.29, 0.717) is 6.07 Å². The number of hydrogen-bond acceptors (Lipinski definition) is 3. The Balaban J connectivity index is 2.21. The summed E-state index contributed by atoms with van der Waals surface area (Å²) in [5, 5.41) is 2.33. The van der Waals surface area contributed by atoms with Gasteiger partial charge in [0.15, 0.2) is 0 Å². The Morgan fingerprint density at radius 3 is 2.55 bits per heavy atom. The monoisotopic (exact) mass is 331 g/mol. The Morgan fingerprint density at radius 2 is 2.05 bits per heavy atom. The number of carbonyl (C=O) groups is 1. The molecule has 0 aliphatic rings. The van der Waals surface area contributed by atoms with E-state index in [4.69, 9.17) is 11.6 Å². The number of nitrogens with zero attached hydrogens (tertiary/aromatic N) is 2. The molecule has 2 aromatic rings. The van der Waals surface area contributed by atoms with E-state index in [1.807, 2.05) is 0 Å². The molecule has 1 amide bonds. The molecule has 0 aliphatic heterocycles. The molecule has 2 heterocycles. The molecule has 0 atom stereocenters. The molecule has 9 heteroatoms. The molecule has 2 aromatic heterocycles. The fourth-order valence-electron chi connectivity index (χ4n) is 1.64. The van der Waals surface area contributed by atoms with E-state index in [9.17, 15) is 22.8 Å². The van der Waals surface area contributed by atoms with E-state index in [1.54, 1.807) is 0 Å². The first-order chi connectivity index (χ1) is 10.2. The maximum absolute atomic E-state index is 12.4. The van der Waals surface area contributed by atoms with Crippen molar-refractivity contribution in [1.29, 1.82) is 0 Å². The number of aromatic nitrogens is 2. The summed E-state index contributed by atoms with van der Waals surface area (Å²) < 4.78 is 38.3. The van der Waals surface area contributed by atoms with E-state index < -0.39 is 23.3 Å². The van der Waals surface area contributed by atoms with Crippen LogP contribution in [0.1, 0.15) is 16.1 Å². The first-order valence-electron chi connectivity index (χ1n) is 5.89. The van der Waals surface area contributed by atoms with Gasteiger partial charge in [0.2, 0.25) is 0 Å². The average Bonchev–Trinajstić information content (AvgIpc) is 2.44. The van der Waals surface area contributed by atoms with E-state index in [0.717, 1.165) is 12.3 Å². The summed E-state index contributed by atoms with van der Waals surface area (Å²) in [5.74, 6) is -0.670. The number of hydrogen-bond donors (Lipinski definition) is 1. The van der Waals surface area contributed by atoms with Crippen molar-refractivity contribution in [2.75, 3.05) is 5.32 Å². The van der Waals surface area contributed by atoms with Crippen LogP contribution in [0.2, 0.25) is 5.02 Å². The second-order valence-electron chi connectivity index (χ2n) is 4.38. The Bertz CT molecular complexity index is 743. The van der Waals surface area contributed by atoms with Gasteiger partial charge >= 0.3 is 6.18 Å². The quantitative estimate of drug-likeness (QED) is 0.920. The molecule has 0 saturated heterocycles. The van der Waals surface area contributed by atoms with Crippen molar-refractivity contribution in [3.8, 4) is 0 Å². The van der Waals surface area contributed by atoms with Gasteiger partial charge in [0.25, 0.3) is 11.5 Å². The van der Waals surface area contributed by atoms with E-state index >= 15 is 0 Å². The van der Waals surface area contributed by atoms with Gasteiger partial charge in [0.05, 0.1) is 11.3 Å². The van der Waals surface area contributed by atoms with E-state index in [2.05, 4.69) is 10.3 Å². The van der Waals surface area contributed by atoms with Crippen molar-refractivity contribution in [2.24, 2.45) is 7.05 Å². The van der Waals surface area contributed by atoms with Crippen LogP contribution in [0.5, 0.6) is 0 Å². The molecule has 0 aliphatic carbocycles. The third-order valence-corrected chi connectivity index (χ3v) is 2.98. The van der Waals surface area contributed by atoms with Crippen molar-refractivity contribution >= 4 is 23.2 Å². The molecule has 116 valence electrons. The molecule has 0 unspecified atom stereocenters. The molecule has 2 rings (SSSR count). The van der Waals surface area contributed by atoms with E-state index in [1.165, 1.54) is 23.9 Å². The summed E-state index contributed by atoms with van der Waals surface area (Å²) in [6.07, 6.45) is -2.41. The summed E-state index contributed by atoms with van der Waals surface area (Å²) in [6, 6.07) is 2.97. The van der Waals surface area contributed by atoms with Crippen LogP contribution in [-0.2, 0) is 13.2 Å². The number of halogens is 4. The van der Waals surface area contributed by atoms with Crippen LogP contribution in [0.25, 0.3) is 0 Å². The molecule has 0 aromatic carbocycles. The maximum atomic E-state index is 12.4. The lowest BCUT2D eigenvalue weighted by Crippen LogP contribution is -2.19. The topological polar surface area (TPSA) is 64.0 Å². The van der Waals surface area contributed by atoms with Gasteiger partial charge in [-0.2, -0.15) is 13.2 Å². The van der Waals surface area contributed by atoms with Crippen molar-refractivity contribution in [2.45, 2.75) is 6.18 Å². The van der Waals surface area contributed by atoms with Crippen LogP contribution in [0.3, 0.4) is 0 Å². The minimum absolute atomic E-state index is 0.0574. The predicted octanol–water partition coefficient (Wildman–Crippen LogP) is 2.70. The van der Waals surface area contributed by atoms with Crippen molar-refractivity contribution in [1.82, 2.24) is 9.55 Å². The SMILES string of the molecule is Cn1cc(NC(=O)c2ccc(C(F)(F)F)nc2)cc(Cl)c1=O. The first kappa shape index (κ1) is 16.0. The third kappa shape index (κ3) is 3.45. The molecule has 0 bridgehead atoms. The van der Waals surface area contributed by atoms with Gasteiger partial charge in [-0.3, -0.25) is 14.6 Å². The van der Waals surface area contributed by atoms with Gasteiger partial charge in [0.1, 0.15) is 10.7 Å². The van der Waals surface area contributed by atoms with Gasteiger partial charge in [-0.1, -0.05) is 11.6 Å². The third-order valence-electron chi connectivity index (χ3n) is 2.71. The number of pyridine rings is 2. The zero-order chi connectivity index (χ0) is 16.5. The van der Waals surface area contributed by atoms with Crippen molar-refractivity contribution in [3.63, 3.8) is 0 Å². The number of anilines is 1. The van der Waals surface area contributed by atoms with Crippen LogP contribution in [0, 0.1) is 0 Å². The average molecular weight is 332 g/mol. The molecule has 5 nitrogen and oxygen atoms in total. The smallest absolute Gasteiger partial charge is 0.321 e. The highest BCUT2D eigenvalue weighted by atomic mass is 35.5. The van der Waals surface area contributed by atoms with E-state index in [-0.39, 0.29) is 16.3 Å². The zero-order valence-corrected chi connectivity index (χ0v) is 11.9. The molecule has 0 saturated carbocycles. The number of aryl methyl sites for hydroxylation is 1. The normalized spacial score (nSPS) is 11.3.